The van der Waals surface area contributed by atoms with Crippen molar-refractivity contribution in [2.24, 2.45) is 0 Å². The highest BCUT2D eigenvalue weighted by Crippen LogP contribution is 2.54. The molecule has 276 valence electrons. The van der Waals surface area contributed by atoms with E-state index in [1.807, 2.05) is 11.8 Å². The van der Waals surface area contributed by atoms with E-state index < -0.39 is 0 Å². The lowest BCUT2D eigenvalue weighted by atomic mass is 9.67. The van der Waals surface area contributed by atoms with Crippen molar-refractivity contribution in [1.82, 2.24) is 0 Å². The SMILES string of the molecule is CC1(C)C2=CC(/C=C/c3ccc4c(c3)CCC(N3c5ccccc5CCc5ccccc53)=C4)=CC=C(C2)c2ccc(N3c4ccccc4Sc4ccccc43)cc21. The van der Waals surface area contributed by atoms with Crippen LogP contribution in [0, 0.1) is 0 Å². The van der Waals surface area contributed by atoms with Crippen LogP contribution in [0.3, 0.4) is 0 Å². The van der Waals surface area contributed by atoms with Gasteiger partial charge < -0.3 is 9.80 Å². The number of hydrogen-bond acceptors (Lipinski definition) is 3. The molecule has 2 aliphatic heterocycles. The zero-order valence-electron chi connectivity index (χ0n) is 32.5. The van der Waals surface area contributed by atoms with E-state index in [4.69, 9.17) is 0 Å². The summed E-state index contributed by atoms with van der Waals surface area (Å²) >= 11 is 1.86. The second kappa shape index (κ2) is 13.6. The number of fused-ring (bicyclic) bond motifs is 9. The van der Waals surface area contributed by atoms with Gasteiger partial charge in [-0.15, -0.1) is 0 Å². The third-order valence-corrected chi connectivity index (χ3v) is 13.9. The zero-order chi connectivity index (χ0) is 38.1. The zero-order valence-corrected chi connectivity index (χ0v) is 33.3. The van der Waals surface area contributed by atoms with Crippen LogP contribution in [0.5, 0.6) is 0 Å². The van der Waals surface area contributed by atoms with Gasteiger partial charge >= 0.3 is 0 Å². The van der Waals surface area contributed by atoms with Gasteiger partial charge in [0.15, 0.2) is 0 Å². The van der Waals surface area contributed by atoms with Crippen molar-refractivity contribution in [3.63, 3.8) is 0 Å². The number of benzene rings is 6. The van der Waals surface area contributed by atoms with Gasteiger partial charge in [-0.3, -0.25) is 0 Å². The van der Waals surface area contributed by atoms with Gasteiger partial charge in [0.1, 0.15) is 0 Å². The average Bonchev–Trinajstić information content (AvgIpc) is 3.56. The van der Waals surface area contributed by atoms with Gasteiger partial charge in [-0.1, -0.05) is 146 Å². The highest BCUT2D eigenvalue weighted by molar-refractivity contribution is 7.99. The lowest BCUT2D eigenvalue weighted by Gasteiger charge is -2.39. The van der Waals surface area contributed by atoms with Crippen molar-refractivity contribution in [3.05, 3.63) is 214 Å². The molecule has 11 rings (SSSR count). The molecule has 2 bridgehead atoms. The summed E-state index contributed by atoms with van der Waals surface area (Å²) < 4.78 is 0. The molecule has 0 saturated heterocycles. The highest BCUT2D eigenvalue weighted by atomic mass is 32.2. The van der Waals surface area contributed by atoms with Crippen molar-refractivity contribution in [2.75, 3.05) is 9.80 Å². The lowest BCUT2D eigenvalue weighted by molar-refractivity contribution is 0.598. The maximum absolute atomic E-state index is 2.54. The molecule has 57 heavy (non-hydrogen) atoms. The minimum absolute atomic E-state index is 0.117. The second-order valence-corrected chi connectivity index (χ2v) is 17.5. The molecule has 0 spiro atoms. The number of nitrogens with zero attached hydrogens (tertiary/aromatic N) is 2. The highest BCUT2D eigenvalue weighted by Gasteiger charge is 2.36. The molecule has 0 amide bonds. The molecule has 5 aliphatic rings. The fourth-order valence-corrected chi connectivity index (χ4v) is 10.7. The Labute approximate surface area is 340 Å². The van der Waals surface area contributed by atoms with Crippen LogP contribution in [0.25, 0.3) is 17.7 Å². The van der Waals surface area contributed by atoms with Crippen molar-refractivity contribution in [1.29, 1.82) is 0 Å². The van der Waals surface area contributed by atoms with Crippen LogP contribution in [0.4, 0.5) is 28.4 Å². The monoisotopic (exact) mass is 752 g/mol. The maximum Gasteiger partial charge on any atom is 0.0601 e. The molecule has 2 heterocycles. The van der Waals surface area contributed by atoms with Crippen LogP contribution in [0.15, 0.2) is 184 Å². The molecule has 0 atom stereocenters. The van der Waals surface area contributed by atoms with E-state index in [1.54, 1.807) is 0 Å². The first-order valence-electron chi connectivity index (χ1n) is 20.4. The third kappa shape index (κ3) is 5.87. The predicted octanol–water partition coefficient (Wildman–Crippen LogP) is 14.5. The predicted molar refractivity (Wildman–Crippen MR) is 241 cm³/mol. The van der Waals surface area contributed by atoms with E-state index in [1.165, 1.54) is 99.6 Å². The number of anilines is 5. The second-order valence-electron chi connectivity index (χ2n) is 16.5. The van der Waals surface area contributed by atoms with Crippen LogP contribution < -0.4 is 9.80 Å². The third-order valence-electron chi connectivity index (χ3n) is 12.7. The summed E-state index contributed by atoms with van der Waals surface area (Å²) in [6, 6.07) is 49.7. The smallest absolute Gasteiger partial charge is 0.0601 e. The van der Waals surface area contributed by atoms with Crippen LogP contribution in [-0.2, 0) is 24.7 Å². The Kier molecular flexibility index (Phi) is 8.15. The summed E-state index contributed by atoms with van der Waals surface area (Å²) in [6.07, 6.45) is 19.3. The van der Waals surface area contributed by atoms with Crippen molar-refractivity contribution < 1.29 is 0 Å². The normalized spacial score (nSPS) is 17.3. The van der Waals surface area contributed by atoms with E-state index in [0.717, 1.165) is 32.1 Å². The van der Waals surface area contributed by atoms with Crippen LogP contribution in [0.2, 0.25) is 0 Å². The Hall–Kier alpha value is -6.03. The van der Waals surface area contributed by atoms with Crippen LogP contribution >= 0.6 is 11.8 Å². The van der Waals surface area contributed by atoms with E-state index in [-0.39, 0.29) is 5.41 Å². The number of para-hydroxylation sites is 4. The topological polar surface area (TPSA) is 6.48 Å². The van der Waals surface area contributed by atoms with Gasteiger partial charge in [-0.2, -0.15) is 0 Å². The fraction of sp³-hybridized carbons (Fsp3) is 0.148. The van der Waals surface area contributed by atoms with E-state index in [9.17, 15) is 0 Å². The van der Waals surface area contributed by atoms with Gasteiger partial charge in [0, 0.05) is 38.0 Å². The molecule has 0 unspecified atom stereocenters. The van der Waals surface area contributed by atoms with Gasteiger partial charge in [0.05, 0.1) is 11.4 Å². The Balaban J connectivity index is 0.885. The van der Waals surface area contributed by atoms with Crippen LogP contribution in [-0.4, -0.2) is 0 Å². The van der Waals surface area contributed by atoms with Gasteiger partial charge in [0.25, 0.3) is 0 Å². The van der Waals surface area contributed by atoms with Gasteiger partial charge in [-0.05, 0) is 137 Å². The molecule has 6 aromatic rings. The quantitative estimate of drug-likeness (QED) is 0.177. The number of rotatable bonds is 4. The Bertz CT molecular complexity index is 2700. The summed E-state index contributed by atoms with van der Waals surface area (Å²) in [6.45, 7) is 4.82. The van der Waals surface area contributed by atoms with Crippen molar-refractivity contribution in [2.45, 2.75) is 61.2 Å². The lowest BCUT2D eigenvalue weighted by Crippen LogP contribution is -2.27. The number of aryl methyl sites for hydroxylation is 3. The van der Waals surface area contributed by atoms with Crippen molar-refractivity contribution in [3.8, 4) is 0 Å². The Morgan fingerprint density at radius 1 is 0.561 bits per heavy atom. The molecule has 0 saturated carbocycles. The average molecular weight is 753 g/mol. The first kappa shape index (κ1) is 34.2. The number of hydrogen-bond donors (Lipinski definition) is 0. The Morgan fingerprint density at radius 3 is 1.93 bits per heavy atom. The summed E-state index contributed by atoms with van der Waals surface area (Å²) in [5.74, 6) is 0. The minimum Gasteiger partial charge on any atom is -0.314 e. The first-order valence-corrected chi connectivity index (χ1v) is 21.2. The molecule has 3 heteroatoms. The summed E-state index contributed by atoms with van der Waals surface area (Å²) in [5.41, 5.74) is 21.3. The molecule has 3 aliphatic carbocycles. The molecule has 0 aromatic heterocycles. The maximum atomic E-state index is 2.54. The molecule has 0 fully saturated rings. The molecule has 6 aromatic carbocycles. The molecular weight excluding hydrogens is 709 g/mol. The molecule has 0 radical (unpaired) electrons. The Morgan fingerprint density at radius 2 is 1.21 bits per heavy atom. The molecule has 0 N–H and O–H groups in total. The van der Waals surface area contributed by atoms with Crippen molar-refractivity contribution >= 4 is 57.9 Å². The van der Waals surface area contributed by atoms with Gasteiger partial charge in [0.2, 0.25) is 0 Å². The number of allylic oxidation sites excluding steroid dienone is 8. The van der Waals surface area contributed by atoms with E-state index >= 15 is 0 Å². The summed E-state index contributed by atoms with van der Waals surface area (Å²) in [7, 11) is 0. The molecular formula is C54H44N2S. The largest absolute Gasteiger partial charge is 0.314 e. The van der Waals surface area contributed by atoms with E-state index in [0.29, 0.717) is 0 Å². The summed E-state index contributed by atoms with van der Waals surface area (Å²) in [5, 5.41) is 0. The summed E-state index contributed by atoms with van der Waals surface area (Å²) in [4.78, 5) is 7.57. The van der Waals surface area contributed by atoms with Crippen LogP contribution in [0.1, 0.15) is 65.6 Å². The minimum atomic E-state index is -0.117. The van der Waals surface area contributed by atoms with Gasteiger partial charge in [-0.25, -0.2) is 0 Å². The first-order chi connectivity index (χ1) is 28.0. The fourth-order valence-electron chi connectivity index (χ4n) is 9.63. The molecule has 2 nitrogen and oxygen atoms in total. The standard InChI is InChI=1S/C54H44N2S/c1-54(2)43-32-37(22-24-42(33-43)46-30-29-45(35-47(46)54)56-50-15-7-9-17-52(50)57-53-18-10-8-16-51(53)56)20-19-36-21-23-41-34-44(28-27-40(41)31-36)55-48-13-5-3-11-38(48)25-26-39-12-4-6-14-49(39)55/h3-24,29-32,34-35H,25-28,33H2,1-2H3/b20-19+. The van der Waals surface area contributed by atoms with E-state index in [2.05, 4.69) is 194 Å².